The molecule has 3 aromatic rings. The molecule has 33 heavy (non-hydrogen) atoms. The first-order valence-corrected chi connectivity index (χ1v) is 12.8. The molecule has 1 aromatic heterocycles. The third-order valence-corrected chi connectivity index (χ3v) is 6.44. The maximum absolute atomic E-state index is 12.4. The number of amides is 1. The Morgan fingerprint density at radius 1 is 1.12 bits per heavy atom. The summed E-state index contributed by atoms with van der Waals surface area (Å²) in [5.74, 6) is 3.30. The molecule has 0 bridgehead atoms. The van der Waals surface area contributed by atoms with Gasteiger partial charge in [0.15, 0.2) is 0 Å². The number of oxazole rings is 1. The molecule has 5 nitrogen and oxygen atoms in total. The summed E-state index contributed by atoms with van der Waals surface area (Å²) < 4.78 is 11.6. The smallest absolute Gasteiger partial charge is 0.230 e. The first-order chi connectivity index (χ1) is 16.0. The summed E-state index contributed by atoms with van der Waals surface area (Å²) in [5, 5.41) is 3.07. The van der Waals surface area contributed by atoms with Gasteiger partial charge in [-0.15, -0.1) is 11.8 Å². The minimum Gasteiger partial charge on any atom is -0.494 e. The van der Waals surface area contributed by atoms with Crippen LogP contribution in [-0.2, 0) is 17.0 Å². The monoisotopic (exact) mass is 466 g/mol. The summed E-state index contributed by atoms with van der Waals surface area (Å²) >= 11 is 1.54. The first kappa shape index (κ1) is 24.9. The number of nitrogens with zero attached hydrogens (tertiary/aromatic N) is 1. The Kier molecular flexibility index (Phi) is 9.43. The number of rotatable bonds is 12. The number of benzene rings is 2. The molecule has 0 fully saturated rings. The number of unbranched alkanes of at least 4 members (excludes halogenated alkanes) is 1. The molecule has 0 aliphatic carbocycles. The number of ether oxygens (including phenoxy) is 1. The first-order valence-electron chi connectivity index (χ1n) is 11.7. The second-order valence-electron chi connectivity index (χ2n) is 8.13. The Labute approximate surface area is 201 Å². The second kappa shape index (κ2) is 12.5. The Hall–Kier alpha value is -2.73. The summed E-state index contributed by atoms with van der Waals surface area (Å²) in [6.07, 6.45) is 3.17. The van der Waals surface area contributed by atoms with Crippen LogP contribution in [0.1, 0.15) is 62.2 Å². The Bertz CT molecular complexity index is 1010. The summed E-state index contributed by atoms with van der Waals surface area (Å²) in [7, 11) is 0. The maximum atomic E-state index is 12.4. The lowest BCUT2D eigenvalue weighted by atomic mass is 10.1. The van der Waals surface area contributed by atoms with Crippen molar-refractivity contribution in [2.24, 2.45) is 0 Å². The molecule has 0 unspecified atom stereocenters. The number of thioether (sulfide) groups is 1. The molecule has 0 saturated carbocycles. The molecule has 1 heterocycles. The fourth-order valence-electron chi connectivity index (χ4n) is 3.36. The van der Waals surface area contributed by atoms with Gasteiger partial charge in [-0.05, 0) is 62.1 Å². The average molecular weight is 467 g/mol. The molecule has 1 atom stereocenters. The number of aryl methyl sites for hydroxylation is 2. The van der Waals surface area contributed by atoms with Gasteiger partial charge >= 0.3 is 0 Å². The summed E-state index contributed by atoms with van der Waals surface area (Å²) in [6, 6.07) is 16.2. The molecule has 2 aromatic carbocycles. The average Bonchev–Trinajstić information content (AvgIpc) is 3.20. The standard InChI is InChI=1S/C27H34N2O3S/c1-5-7-16-31-24-14-12-22(13-15-24)19(3)28-26(30)18-33-17-25-20(4)32-27(29-25)23-10-8-21(6-2)9-11-23/h8-15,19H,5-7,16-18H2,1-4H3,(H,28,30)/t19-/m0/s1. The second-order valence-corrected chi connectivity index (χ2v) is 9.11. The van der Waals surface area contributed by atoms with Crippen LogP contribution in [0.5, 0.6) is 5.75 Å². The van der Waals surface area contributed by atoms with Crippen molar-refractivity contribution in [1.82, 2.24) is 10.3 Å². The van der Waals surface area contributed by atoms with Gasteiger partial charge in [-0.25, -0.2) is 4.98 Å². The third-order valence-electron chi connectivity index (χ3n) is 5.50. The van der Waals surface area contributed by atoms with E-state index in [0.717, 1.165) is 54.2 Å². The summed E-state index contributed by atoms with van der Waals surface area (Å²) in [4.78, 5) is 17.1. The lowest BCUT2D eigenvalue weighted by Crippen LogP contribution is -2.28. The van der Waals surface area contributed by atoms with E-state index in [1.54, 1.807) is 0 Å². The number of aromatic nitrogens is 1. The maximum Gasteiger partial charge on any atom is 0.230 e. The van der Waals surface area contributed by atoms with Crippen LogP contribution in [0.2, 0.25) is 0 Å². The van der Waals surface area contributed by atoms with E-state index in [0.29, 0.717) is 17.4 Å². The van der Waals surface area contributed by atoms with Crippen LogP contribution in [0, 0.1) is 6.92 Å². The molecule has 0 saturated heterocycles. The van der Waals surface area contributed by atoms with E-state index < -0.39 is 0 Å². The van der Waals surface area contributed by atoms with Gasteiger partial charge in [0.1, 0.15) is 11.5 Å². The van der Waals surface area contributed by atoms with Crippen molar-refractivity contribution >= 4 is 17.7 Å². The van der Waals surface area contributed by atoms with Crippen LogP contribution < -0.4 is 10.1 Å². The van der Waals surface area contributed by atoms with Gasteiger partial charge in [0, 0.05) is 11.3 Å². The van der Waals surface area contributed by atoms with Crippen molar-refractivity contribution in [3.05, 3.63) is 71.1 Å². The summed E-state index contributed by atoms with van der Waals surface area (Å²) in [6.45, 7) is 8.93. The quantitative estimate of drug-likeness (QED) is 0.309. The number of hydrogen-bond donors (Lipinski definition) is 1. The van der Waals surface area contributed by atoms with Gasteiger partial charge < -0.3 is 14.5 Å². The van der Waals surface area contributed by atoms with E-state index in [2.05, 4.69) is 36.3 Å². The van der Waals surface area contributed by atoms with Crippen LogP contribution in [0.4, 0.5) is 0 Å². The van der Waals surface area contributed by atoms with Crippen molar-refractivity contribution in [3.63, 3.8) is 0 Å². The van der Waals surface area contributed by atoms with Crippen molar-refractivity contribution in [3.8, 4) is 17.2 Å². The fraction of sp³-hybridized carbons (Fsp3) is 0.407. The van der Waals surface area contributed by atoms with Crippen molar-refractivity contribution in [1.29, 1.82) is 0 Å². The van der Waals surface area contributed by atoms with Gasteiger partial charge in [0.25, 0.3) is 0 Å². The van der Waals surface area contributed by atoms with Crippen LogP contribution in [-0.4, -0.2) is 23.3 Å². The van der Waals surface area contributed by atoms with E-state index in [1.165, 1.54) is 17.3 Å². The lowest BCUT2D eigenvalue weighted by Gasteiger charge is -2.15. The summed E-state index contributed by atoms with van der Waals surface area (Å²) in [5.41, 5.74) is 4.20. The van der Waals surface area contributed by atoms with E-state index in [4.69, 9.17) is 9.15 Å². The van der Waals surface area contributed by atoms with Crippen LogP contribution >= 0.6 is 11.8 Å². The predicted octanol–water partition coefficient (Wildman–Crippen LogP) is 6.50. The van der Waals surface area contributed by atoms with Crippen molar-refractivity contribution < 1.29 is 13.9 Å². The molecule has 176 valence electrons. The van der Waals surface area contributed by atoms with Gasteiger partial charge in [-0.2, -0.15) is 0 Å². The Balaban J connectivity index is 1.45. The Morgan fingerprint density at radius 3 is 2.52 bits per heavy atom. The topological polar surface area (TPSA) is 64.4 Å². The molecule has 3 rings (SSSR count). The molecular weight excluding hydrogens is 432 g/mol. The predicted molar refractivity (Wildman–Crippen MR) is 136 cm³/mol. The highest BCUT2D eigenvalue weighted by Crippen LogP contribution is 2.25. The molecule has 6 heteroatoms. The van der Waals surface area contributed by atoms with Crippen molar-refractivity contribution in [2.45, 2.75) is 58.8 Å². The fourth-order valence-corrected chi connectivity index (χ4v) is 4.19. The van der Waals surface area contributed by atoms with E-state index >= 15 is 0 Å². The lowest BCUT2D eigenvalue weighted by molar-refractivity contribution is -0.119. The molecule has 0 aliphatic rings. The molecule has 1 amide bonds. The number of carbonyl (C=O) groups is 1. The van der Waals surface area contributed by atoms with Gasteiger partial charge in [0.2, 0.25) is 11.8 Å². The number of nitrogens with one attached hydrogen (secondary N) is 1. The zero-order chi connectivity index (χ0) is 23.6. The van der Waals surface area contributed by atoms with Crippen LogP contribution in [0.3, 0.4) is 0 Å². The molecule has 0 radical (unpaired) electrons. The number of carbonyl (C=O) groups excluding carboxylic acids is 1. The molecule has 1 N–H and O–H groups in total. The normalized spacial score (nSPS) is 11.9. The highest BCUT2D eigenvalue weighted by molar-refractivity contribution is 7.99. The third kappa shape index (κ3) is 7.39. The molecule has 0 spiro atoms. The van der Waals surface area contributed by atoms with Crippen LogP contribution in [0.25, 0.3) is 11.5 Å². The molecule has 0 aliphatic heterocycles. The van der Waals surface area contributed by atoms with Gasteiger partial charge in [-0.1, -0.05) is 44.5 Å². The minimum atomic E-state index is -0.0609. The van der Waals surface area contributed by atoms with E-state index in [-0.39, 0.29) is 11.9 Å². The van der Waals surface area contributed by atoms with Gasteiger partial charge in [-0.3, -0.25) is 4.79 Å². The zero-order valence-electron chi connectivity index (χ0n) is 20.0. The van der Waals surface area contributed by atoms with E-state index in [1.807, 2.05) is 50.2 Å². The highest BCUT2D eigenvalue weighted by atomic mass is 32.2. The largest absolute Gasteiger partial charge is 0.494 e. The van der Waals surface area contributed by atoms with Gasteiger partial charge in [0.05, 0.1) is 24.1 Å². The van der Waals surface area contributed by atoms with Crippen molar-refractivity contribution in [2.75, 3.05) is 12.4 Å². The minimum absolute atomic E-state index is 0.00676. The van der Waals surface area contributed by atoms with E-state index in [9.17, 15) is 4.79 Å². The number of hydrogen-bond acceptors (Lipinski definition) is 5. The highest BCUT2D eigenvalue weighted by Gasteiger charge is 2.14. The SMILES string of the molecule is CCCCOc1ccc([C@H](C)NC(=O)CSCc2nc(-c3ccc(CC)cc3)oc2C)cc1. The Morgan fingerprint density at radius 2 is 1.85 bits per heavy atom. The van der Waals surface area contributed by atoms with Crippen LogP contribution in [0.15, 0.2) is 52.9 Å². The zero-order valence-corrected chi connectivity index (χ0v) is 20.8. The molecular formula is C27H34N2O3S.